The van der Waals surface area contributed by atoms with Gasteiger partial charge in [0, 0.05) is 24.3 Å². The van der Waals surface area contributed by atoms with E-state index in [1.807, 2.05) is 25.1 Å². The first-order valence-electron chi connectivity index (χ1n) is 7.98. The molecule has 0 saturated carbocycles. The van der Waals surface area contributed by atoms with Gasteiger partial charge in [-0.3, -0.25) is 9.38 Å². The minimum absolute atomic E-state index is 0.250. The number of aromatic nitrogens is 5. The lowest BCUT2D eigenvalue weighted by atomic mass is 10.1. The summed E-state index contributed by atoms with van der Waals surface area (Å²) < 4.78 is 25.6. The molecule has 0 fully saturated rings. The number of hydrogen-bond acceptors (Lipinski definition) is 6. The van der Waals surface area contributed by atoms with Crippen LogP contribution in [0.3, 0.4) is 0 Å². The monoisotopic (exact) mass is 399 g/mol. The van der Waals surface area contributed by atoms with Crippen LogP contribution in [0.15, 0.2) is 53.9 Å². The smallest absolute Gasteiger partial charge is 0.247 e. The summed E-state index contributed by atoms with van der Waals surface area (Å²) in [5, 5.41) is 0.266. The summed E-state index contributed by atoms with van der Waals surface area (Å²) in [6.45, 7) is 1.89. The van der Waals surface area contributed by atoms with Gasteiger partial charge in [0.05, 0.1) is 16.4 Å². The van der Waals surface area contributed by atoms with Crippen LogP contribution in [0.4, 0.5) is 0 Å². The standard InChI is InChI=1S/C18H14ClN5O2S/c1-11-4-3-5-13(21-11)16-17(24-10-12(19)6-7-15(24)23-16)14-8-9-20-18(22-14)27(2,25)26/h3-10H,1-2H3. The Kier molecular flexibility index (Phi) is 4.16. The van der Waals surface area contributed by atoms with E-state index in [1.165, 1.54) is 6.20 Å². The molecule has 4 aromatic heterocycles. The molecule has 4 aromatic rings. The van der Waals surface area contributed by atoms with Gasteiger partial charge >= 0.3 is 0 Å². The van der Waals surface area contributed by atoms with Gasteiger partial charge < -0.3 is 0 Å². The van der Waals surface area contributed by atoms with E-state index in [0.29, 0.717) is 33.4 Å². The van der Waals surface area contributed by atoms with Gasteiger partial charge in [0.2, 0.25) is 15.0 Å². The molecule has 0 aliphatic carbocycles. The Balaban J connectivity index is 2.07. The summed E-state index contributed by atoms with van der Waals surface area (Å²) in [5.74, 6) is 0. The fourth-order valence-corrected chi connectivity index (χ4v) is 3.45. The Morgan fingerprint density at radius 1 is 1.00 bits per heavy atom. The molecule has 7 nitrogen and oxygen atoms in total. The van der Waals surface area contributed by atoms with Crippen molar-refractivity contribution in [3.63, 3.8) is 0 Å². The first-order valence-corrected chi connectivity index (χ1v) is 10.2. The van der Waals surface area contributed by atoms with E-state index in [9.17, 15) is 8.42 Å². The van der Waals surface area contributed by atoms with Gasteiger partial charge in [-0.2, -0.15) is 0 Å². The predicted octanol–water partition coefficient (Wildman–Crippen LogP) is 3.22. The third kappa shape index (κ3) is 3.29. The summed E-state index contributed by atoms with van der Waals surface area (Å²) in [6, 6.07) is 10.8. The fourth-order valence-electron chi connectivity index (χ4n) is 2.77. The van der Waals surface area contributed by atoms with Crippen molar-refractivity contribution in [2.24, 2.45) is 0 Å². The molecule has 4 rings (SSSR count). The Morgan fingerprint density at radius 2 is 1.81 bits per heavy atom. The molecule has 0 unspecified atom stereocenters. The van der Waals surface area contributed by atoms with Crippen LogP contribution in [0.5, 0.6) is 0 Å². The second kappa shape index (κ2) is 6.40. The molecule has 4 heterocycles. The van der Waals surface area contributed by atoms with Gasteiger partial charge in [-0.05, 0) is 37.3 Å². The first-order chi connectivity index (χ1) is 12.8. The van der Waals surface area contributed by atoms with Gasteiger partial charge in [0.25, 0.3) is 0 Å². The molecule has 27 heavy (non-hydrogen) atoms. The Morgan fingerprint density at radius 3 is 2.56 bits per heavy atom. The fraction of sp³-hybridized carbons (Fsp3) is 0.111. The van der Waals surface area contributed by atoms with Crippen LogP contribution in [0.25, 0.3) is 28.4 Å². The van der Waals surface area contributed by atoms with E-state index < -0.39 is 9.84 Å². The maximum absolute atomic E-state index is 11.9. The molecule has 0 saturated heterocycles. The maximum Gasteiger partial charge on any atom is 0.247 e. The van der Waals surface area contributed by atoms with E-state index >= 15 is 0 Å². The van der Waals surface area contributed by atoms with Crippen molar-refractivity contribution < 1.29 is 8.42 Å². The second-order valence-electron chi connectivity index (χ2n) is 6.05. The van der Waals surface area contributed by atoms with Crippen LogP contribution in [-0.2, 0) is 9.84 Å². The number of sulfone groups is 1. The molecule has 0 spiro atoms. The minimum Gasteiger partial charge on any atom is -0.296 e. The zero-order valence-corrected chi connectivity index (χ0v) is 16.0. The van der Waals surface area contributed by atoms with Crippen molar-refractivity contribution >= 4 is 27.1 Å². The summed E-state index contributed by atoms with van der Waals surface area (Å²) in [6.07, 6.45) is 4.19. The first kappa shape index (κ1) is 17.6. The molecule has 0 aliphatic rings. The second-order valence-corrected chi connectivity index (χ2v) is 8.39. The lowest BCUT2D eigenvalue weighted by Gasteiger charge is -2.06. The highest BCUT2D eigenvalue weighted by Gasteiger charge is 2.20. The summed E-state index contributed by atoms with van der Waals surface area (Å²) in [4.78, 5) is 17.3. The number of nitrogens with zero attached hydrogens (tertiary/aromatic N) is 5. The minimum atomic E-state index is -3.56. The van der Waals surface area contributed by atoms with Crippen molar-refractivity contribution in [1.82, 2.24) is 24.3 Å². The highest BCUT2D eigenvalue weighted by atomic mass is 35.5. The average molecular weight is 400 g/mol. The Labute approximate surface area is 160 Å². The number of pyridine rings is 2. The topological polar surface area (TPSA) is 90.1 Å². The van der Waals surface area contributed by atoms with Crippen LogP contribution in [0.2, 0.25) is 5.02 Å². The predicted molar refractivity (Wildman–Crippen MR) is 102 cm³/mol. The Bertz CT molecular complexity index is 1280. The van der Waals surface area contributed by atoms with E-state index in [2.05, 4.69) is 19.9 Å². The van der Waals surface area contributed by atoms with E-state index in [1.54, 1.807) is 28.8 Å². The molecule has 0 aromatic carbocycles. The molecular weight excluding hydrogens is 386 g/mol. The summed E-state index contributed by atoms with van der Waals surface area (Å²) in [5.41, 5.74) is 3.74. The van der Waals surface area contributed by atoms with Crippen LogP contribution in [0.1, 0.15) is 5.69 Å². The van der Waals surface area contributed by atoms with Gasteiger partial charge in [0.15, 0.2) is 0 Å². The van der Waals surface area contributed by atoms with Crippen LogP contribution in [0, 0.1) is 6.92 Å². The molecular formula is C18H14ClN5O2S. The van der Waals surface area contributed by atoms with E-state index in [-0.39, 0.29) is 5.16 Å². The lowest BCUT2D eigenvalue weighted by Crippen LogP contribution is -2.05. The maximum atomic E-state index is 11.9. The molecule has 0 N–H and O–H groups in total. The van der Waals surface area contributed by atoms with Gasteiger partial charge in [-0.15, -0.1) is 0 Å². The SMILES string of the molecule is Cc1cccc(-c2nc3ccc(Cl)cn3c2-c2ccnc(S(C)(=O)=O)n2)n1. The quantitative estimate of drug-likeness (QED) is 0.491. The van der Waals surface area contributed by atoms with Crippen molar-refractivity contribution in [1.29, 1.82) is 0 Å². The molecule has 0 atom stereocenters. The highest BCUT2D eigenvalue weighted by molar-refractivity contribution is 7.90. The van der Waals surface area contributed by atoms with Crippen molar-refractivity contribution in [2.45, 2.75) is 12.1 Å². The summed E-state index contributed by atoms with van der Waals surface area (Å²) >= 11 is 6.17. The van der Waals surface area contributed by atoms with Crippen molar-refractivity contribution in [2.75, 3.05) is 6.26 Å². The van der Waals surface area contributed by atoms with Crippen molar-refractivity contribution in [3.05, 3.63) is 59.5 Å². The number of fused-ring (bicyclic) bond motifs is 1. The summed E-state index contributed by atoms with van der Waals surface area (Å²) in [7, 11) is -3.56. The van der Waals surface area contributed by atoms with Crippen LogP contribution < -0.4 is 0 Å². The molecule has 0 amide bonds. The molecule has 0 aliphatic heterocycles. The number of rotatable bonds is 3. The third-order valence-corrected chi connectivity index (χ3v) is 5.00. The normalized spacial score (nSPS) is 11.8. The highest BCUT2D eigenvalue weighted by Crippen LogP contribution is 2.32. The van der Waals surface area contributed by atoms with Gasteiger partial charge in [-0.25, -0.2) is 23.4 Å². The molecule has 0 bridgehead atoms. The number of halogens is 1. The number of hydrogen-bond donors (Lipinski definition) is 0. The zero-order valence-electron chi connectivity index (χ0n) is 14.5. The lowest BCUT2D eigenvalue weighted by molar-refractivity contribution is 0.593. The third-order valence-electron chi connectivity index (χ3n) is 3.92. The number of aryl methyl sites for hydroxylation is 1. The van der Waals surface area contributed by atoms with Crippen molar-refractivity contribution in [3.8, 4) is 22.8 Å². The van der Waals surface area contributed by atoms with Crippen LogP contribution in [-0.4, -0.2) is 39.0 Å². The average Bonchev–Trinajstić information content (AvgIpc) is 3.00. The largest absolute Gasteiger partial charge is 0.296 e. The molecule has 136 valence electrons. The Hall–Kier alpha value is -2.84. The number of imidazole rings is 1. The molecule has 0 radical (unpaired) electrons. The molecule has 9 heteroatoms. The zero-order chi connectivity index (χ0) is 19.2. The van der Waals surface area contributed by atoms with Crippen LogP contribution >= 0.6 is 11.6 Å². The van der Waals surface area contributed by atoms with E-state index in [0.717, 1.165) is 11.9 Å². The van der Waals surface area contributed by atoms with E-state index in [4.69, 9.17) is 11.6 Å². The van der Waals surface area contributed by atoms with Gasteiger partial charge in [-0.1, -0.05) is 17.7 Å². The van der Waals surface area contributed by atoms with Gasteiger partial charge in [0.1, 0.15) is 17.0 Å².